The molecule has 0 atom stereocenters. The molecule has 138 valence electrons. The second-order valence-electron chi connectivity index (χ2n) is 7.21. The predicted octanol–water partition coefficient (Wildman–Crippen LogP) is 4.17. The van der Waals surface area contributed by atoms with E-state index in [9.17, 15) is 4.79 Å². The third-order valence-corrected chi connectivity index (χ3v) is 5.20. The molecule has 1 N–H and O–H groups in total. The molecule has 1 amide bonds. The van der Waals surface area contributed by atoms with Crippen LogP contribution in [-0.4, -0.2) is 37.1 Å². The Morgan fingerprint density at radius 1 is 1.12 bits per heavy atom. The van der Waals surface area contributed by atoms with Crippen LogP contribution in [0.5, 0.6) is 0 Å². The van der Waals surface area contributed by atoms with Crippen molar-refractivity contribution in [3.63, 3.8) is 0 Å². The number of hydrogen-bond donors (Lipinski definition) is 1. The van der Waals surface area contributed by atoms with Crippen LogP contribution in [0.3, 0.4) is 0 Å². The Kier molecular flexibility index (Phi) is 6.07. The third kappa shape index (κ3) is 4.71. The fraction of sp³-hybridized carbons (Fsp3) is 0.409. The molecule has 1 heterocycles. The van der Waals surface area contributed by atoms with Gasteiger partial charge in [-0.05, 0) is 74.7 Å². The molecule has 4 heteroatoms. The second kappa shape index (κ2) is 8.47. The normalized spacial score (nSPS) is 15.2. The van der Waals surface area contributed by atoms with Crippen molar-refractivity contribution in [2.45, 2.75) is 39.3 Å². The quantitative estimate of drug-likeness (QED) is 0.878. The van der Waals surface area contributed by atoms with Crippen LogP contribution in [0.2, 0.25) is 0 Å². The lowest BCUT2D eigenvalue weighted by Crippen LogP contribution is -2.36. The highest BCUT2D eigenvalue weighted by Crippen LogP contribution is 2.19. The number of nitrogens with one attached hydrogen (secondary N) is 1. The van der Waals surface area contributed by atoms with Gasteiger partial charge in [-0.25, -0.2) is 0 Å². The topological polar surface area (TPSA) is 41.6 Å². The van der Waals surface area contributed by atoms with Crippen molar-refractivity contribution in [2.75, 3.05) is 25.6 Å². The molecule has 1 saturated heterocycles. The maximum Gasteiger partial charge on any atom is 0.255 e. The molecule has 0 bridgehead atoms. The first kappa shape index (κ1) is 18.6. The smallest absolute Gasteiger partial charge is 0.255 e. The van der Waals surface area contributed by atoms with E-state index in [1.165, 1.54) is 11.1 Å². The molecule has 3 rings (SSSR count). The summed E-state index contributed by atoms with van der Waals surface area (Å²) in [6, 6.07) is 14.5. The van der Waals surface area contributed by atoms with E-state index < -0.39 is 0 Å². The number of ether oxygens (including phenoxy) is 1. The second-order valence-corrected chi connectivity index (χ2v) is 7.21. The molecule has 0 spiro atoms. The summed E-state index contributed by atoms with van der Waals surface area (Å²) >= 11 is 0. The van der Waals surface area contributed by atoms with Gasteiger partial charge in [-0.3, -0.25) is 9.69 Å². The van der Waals surface area contributed by atoms with Crippen molar-refractivity contribution in [1.82, 2.24) is 4.90 Å². The van der Waals surface area contributed by atoms with Gasteiger partial charge in [0.2, 0.25) is 0 Å². The van der Waals surface area contributed by atoms with Gasteiger partial charge in [0.15, 0.2) is 0 Å². The number of carbonyl (C=O) groups excluding carboxylic acids is 1. The van der Waals surface area contributed by atoms with E-state index in [0.29, 0.717) is 11.6 Å². The maximum absolute atomic E-state index is 12.5. The van der Waals surface area contributed by atoms with Gasteiger partial charge in [-0.2, -0.15) is 0 Å². The Morgan fingerprint density at radius 2 is 1.88 bits per heavy atom. The van der Waals surface area contributed by atoms with Gasteiger partial charge in [-0.1, -0.05) is 18.2 Å². The summed E-state index contributed by atoms with van der Waals surface area (Å²) in [6.07, 6.45) is 2.17. The molecular formula is C22H28N2O2. The van der Waals surface area contributed by atoms with Crippen molar-refractivity contribution in [1.29, 1.82) is 0 Å². The van der Waals surface area contributed by atoms with E-state index in [1.807, 2.05) is 37.3 Å². The van der Waals surface area contributed by atoms with Crippen molar-refractivity contribution in [2.24, 2.45) is 0 Å². The summed E-state index contributed by atoms with van der Waals surface area (Å²) in [7, 11) is 2.16. The largest absolute Gasteiger partial charge is 0.381 e. The number of nitrogens with zero attached hydrogens (tertiary/aromatic N) is 1. The number of anilines is 1. The fourth-order valence-electron chi connectivity index (χ4n) is 3.38. The lowest BCUT2D eigenvalue weighted by molar-refractivity contribution is 0.0407. The lowest BCUT2D eigenvalue weighted by Gasteiger charge is -2.31. The zero-order chi connectivity index (χ0) is 18.5. The standard InChI is InChI=1S/C22H28N2O2/c1-16-7-8-19(13-17(16)2)22(25)23-20-6-4-5-18(14-20)15-24(3)21-9-11-26-12-10-21/h4-8,13-14,21H,9-12,15H2,1-3H3,(H,23,25). The van der Waals surface area contributed by atoms with Crippen LogP contribution < -0.4 is 5.32 Å². The van der Waals surface area contributed by atoms with Crippen LogP contribution in [0.25, 0.3) is 0 Å². The molecule has 26 heavy (non-hydrogen) atoms. The molecule has 0 aromatic heterocycles. The molecule has 2 aromatic rings. The zero-order valence-electron chi connectivity index (χ0n) is 15.9. The van der Waals surface area contributed by atoms with Gasteiger partial charge in [0.25, 0.3) is 5.91 Å². The Balaban J connectivity index is 1.64. The fourth-order valence-corrected chi connectivity index (χ4v) is 3.38. The summed E-state index contributed by atoms with van der Waals surface area (Å²) in [6.45, 7) is 6.65. The molecule has 4 nitrogen and oxygen atoms in total. The van der Waals surface area contributed by atoms with Crippen LogP contribution in [0.1, 0.15) is 39.9 Å². The SMILES string of the molecule is Cc1ccc(C(=O)Nc2cccc(CN(C)C3CCOCC3)c2)cc1C. The van der Waals surface area contributed by atoms with E-state index >= 15 is 0 Å². The third-order valence-electron chi connectivity index (χ3n) is 5.20. The maximum atomic E-state index is 12.5. The number of hydrogen-bond acceptors (Lipinski definition) is 3. The van der Waals surface area contributed by atoms with Gasteiger partial charge in [0.05, 0.1) is 0 Å². The molecular weight excluding hydrogens is 324 g/mol. The monoisotopic (exact) mass is 352 g/mol. The number of amides is 1. The molecule has 0 unspecified atom stereocenters. The number of benzene rings is 2. The molecule has 1 aliphatic heterocycles. The van der Waals surface area contributed by atoms with Gasteiger partial charge in [0, 0.05) is 37.1 Å². The van der Waals surface area contributed by atoms with Crippen LogP contribution >= 0.6 is 0 Å². The first-order chi connectivity index (χ1) is 12.5. The first-order valence-electron chi connectivity index (χ1n) is 9.28. The van der Waals surface area contributed by atoms with Crippen molar-refractivity contribution < 1.29 is 9.53 Å². The van der Waals surface area contributed by atoms with Crippen LogP contribution in [0, 0.1) is 13.8 Å². The molecule has 0 aliphatic carbocycles. The Bertz CT molecular complexity index is 766. The van der Waals surface area contributed by atoms with Crippen LogP contribution in [0.4, 0.5) is 5.69 Å². The molecule has 0 saturated carbocycles. The Hall–Kier alpha value is -2.17. The lowest BCUT2D eigenvalue weighted by atomic mass is 10.1. The van der Waals surface area contributed by atoms with Crippen molar-refractivity contribution >= 4 is 11.6 Å². The Morgan fingerprint density at radius 3 is 2.62 bits per heavy atom. The van der Waals surface area contributed by atoms with Gasteiger partial charge >= 0.3 is 0 Å². The van der Waals surface area contributed by atoms with Gasteiger partial charge in [-0.15, -0.1) is 0 Å². The van der Waals surface area contributed by atoms with E-state index in [0.717, 1.165) is 43.9 Å². The highest BCUT2D eigenvalue weighted by molar-refractivity contribution is 6.04. The minimum Gasteiger partial charge on any atom is -0.381 e. The van der Waals surface area contributed by atoms with Gasteiger partial charge < -0.3 is 10.1 Å². The molecule has 1 aliphatic rings. The highest BCUT2D eigenvalue weighted by atomic mass is 16.5. The summed E-state index contributed by atoms with van der Waals surface area (Å²) < 4.78 is 5.45. The van der Waals surface area contributed by atoms with Crippen LogP contribution in [0.15, 0.2) is 42.5 Å². The predicted molar refractivity (Wildman–Crippen MR) is 106 cm³/mol. The molecule has 0 radical (unpaired) electrons. The summed E-state index contributed by atoms with van der Waals surface area (Å²) in [5.74, 6) is -0.0666. The minimum atomic E-state index is -0.0666. The number of carbonyl (C=O) groups is 1. The molecule has 1 fully saturated rings. The highest BCUT2D eigenvalue weighted by Gasteiger charge is 2.18. The zero-order valence-corrected chi connectivity index (χ0v) is 15.9. The minimum absolute atomic E-state index is 0.0666. The van der Waals surface area contributed by atoms with Crippen molar-refractivity contribution in [3.8, 4) is 0 Å². The average Bonchev–Trinajstić information content (AvgIpc) is 2.65. The number of rotatable bonds is 5. The van der Waals surface area contributed by atoms with Gasteiger partial charge in [0.1, 0.15) is 0 Å². The molecule has 2 aromatic carbocycles. The van der Waals surface area contributed by atoms with E-state index in [1.54, 1.807) is 0 Å². The van der Waals surface area contributed by atoms with E-state index in [4.69, 9.17) is 4.74 Å². The Labute approximate surface area is 156 Å². The van der Waals surface area contributed by atoms with E-state index in [-0.39, 0.29) is 5.91 Å². The number of aryl methyl sites for hydroxylation is 2. The van der Waals surface area contributed by atoms with Crippen LogP contribution in [-0.2, 0) is 11.3 Å². The summed E-state index contributed by atoms with van der Waals surface area (Å²) in [4.78, 5) is 14.9. The average molecular weight is 352 g/mol. The van der Waals surface area contributed by atoms with E-state index in [2.05, 4.69) is 36.3 Å². The first-order valence-corrected chi connectivity index (χ1v) is 9.28. The summed E-state index contributed by atoms with van der Waals surface area (Å²) in [5.41, 5.74) is 5.06. The van der Waals surface area contributed by atoms with Crippen molar-refractivity contribution in [3.05, 3.63) is 64.7 Å². The summed E-state index contributed by atoms with van der Waals surface area (Å²) in [5, 5.41) is 3.02.